The van der Waals surface area contributed by atoms with Crippen LogP contribution in [0.4, 0.5) is 17.3 Å². The van der Waals surface area contributed by atoms with Gasteiger partial charge in [0.25, 0.3) is 0 Å². The van der Waals surface area contributed by atoms with Crippen LogP contribution < -0.4 is 19.9 Å². The number of benzene rings is 1. The minimum Gasteiger partial charge on any atom is -0.491 e. The van der Waals surface area contributed by atoms with Crippen molar-refractivity contribution in [1.82, 2.24) is 25.3 Å². The maximum absolute atomic E-state index is 9.98. The molecular formula is C25H33N7O3. The van der Waals surface area contributed by atoms with Crippen molar-refractivity contribution in [1.29, 1.82) is 0 Å². The van der Waals surface area contributed by atoms with Crippen molar-refractivity contribution in [3.63, 3.8) is 0 Å². The van der Waals surface area contributed by atoms with Gasteiger partial charge in [-0.1, -0.05) is 12.1 Å². The second kappa shape index (κ2) is 11.9. The molecule has 1 aliphatic heterocycles. The molecule has 1 aromatic carbocycles. The lowest BCUT2D eigenvalue weighted by Crippen LogP contribution is -2.37. The molecule has 0 aliphatic carbocycles. The van der Waals surface area contributed by atoms with Gasteiger partial charge >= 0.3 is 0 Å². The second-order valence-electron chi connectivity index (χ2n) is 8.57. The van der Waals surface area contributed by atoms with Crippen LogP contribution in [0.2, 0.25) is 0 Å². The van der Waals surface area contributed by atoms with E-state index in [0.717, 1.165) is 48.9 Å². The summed E-state index contributed by atoms with van der Waals surface area (Å²) in [6.45, 7) is 2.15. The van der Waals surface area contributed by atoms with Gasteiger partial charge in [0.15, 0.2) is 5.82 Å². The fourth-order valence-corrected chi connectivity index (χ4v) is 3.97. The summed E-state index contributed by atoms with van der Waals surface area (Å²) < 4.78 is 11.4. The molecule has 186 valence electrons. The van der Waals surface area contributed by atoms with E-state index in [9.17, 15) is 5.11 Å². The van der Waals surface area contributed by atoms with Gasteiger partial charge in [-0.15, -0.1) is 0 Å². The number of aromatic nitrogens is 4. The summed E-state index contributed by atoms with van der Waals surface area (Å²) in [5.74, 6) is 2.79. The van der Waals surface area contributed by atoms with Crippen molar-refractivity contribution < 1.29 is 14.6 Å². The summed E-state index contributed by atoms with van der Waals surface area (Å²) in [5, 5.41) is 12.9. The van der Waals surface area contributed by atoms with Crippen molar-refractivity contribution >= 4 is 17.3 Å². The van der Waals surface area contributed by atoms with Gasteiger partial charge in [0.05, 0.1) is 18.1 Å². The predicted octanol–water partition coefficient (Wildman–Crippen LogP) is 2.28. The van der Waals surface area contributed by atoms with E-state index in [1.807, 2.05) is 42.3 Å². The van der Waals surface area contributed by atoms with E-state index in [4.69, 9.17) is 19.4 Å². The zero-order chi connectivity index (χ0) is 24.6. The van der Waals surface area contributed by atoms with Gasteiger partial charge in [-0.2, -0.15) is 0 Å². The summed E-state index contributed by atoms with van der Waals surface area (Å²) in [4.78, 5) is 22.2. The van der Waals surface area contributed by atoms with Crippen LogP contribution in [0.1, 0.15) is 12.8 Å². The van der Waals surface area contributed by atoms with Crippen LogP contribution in [-0.2, 0) is 4.74 Å². The minimum atomic E-state index is -0.593. The number of ether oxygens (including phenoxy) is 2. The van der Waals surface area contributed by atoms with Crippen LogP contribution in [-0.4, -0.2) is 84.7 Å². The highest BCUT2D eigenvalue weighted by Gasteiger charge is 2.22. The Morgan fingerprint density at radius 1 is 1.11 bits per heavy atom. The van der Waals surface area contributed by atoms with Crippen molar-refractivity contribution in [2.24, 2.45) is 0 Å². The maximum atomic E-state index is 9.98. The van der Waals surface area contributed by atoms with E-state index >= 15 is 0 Å². The molecule has 1 aliphatic rings. The fourth-order valence-electron chi connectivity index (χ4n) is 3.97. The summed E-state index contributed by atoms with van der Waals surface area (Å²) in [6, 6.07) is 9.95. The summed E-state index contributed by atoms with van der Waals surface area (Å²) >= 11 is 0. The summed E-state index contributed by atoms with van der Waals surface area (Å²) in [5.41, 5.74) is 1.65. The Labute approximate surface area is 206 Å². The molecule has 1 saturated heterocycles. The zero-order valence-corrected chi connectivity index (χ0v) is 20.5. The molecule has 3 aromatic rings. The van der Waals surface area contributed by atoms with E-state index in [-0.39, 0.29) is 6.61 Å². The topological polar surface area (TPSA) is 109 Å². The van der Waals surface area contributed by atoms with Crippen molar-refractivity contribution in [2.75, 3.05) is 57.3 Å². The smallest absolute Gasteiger partial charge is 0.164 e. The molecule has 3 heterocycles. The highest BCUT2D eigenvalue weighted by molar-refractivity contribution is 5.67. The number of anilines is 3. The van der Waals surface area contributed by atoms with E-state index in [2.05, 4.69) is 27.2 Å². The van der Waals surface area contributed by atoms with Crippen LogP contribution in [0.5, 0.6) is 5.75 Å². The fraction of sp³-hybridized carbons (Fsp3) is 0.440. The van der Waals surface area contributed by atoms with Crippen LogP contribution in [0.25, 0.3) is 11.4 Å². The molecule has 0 saturated carbocycles. The first kappa shape index (κ1) is 24.8. The second-order valence-corrected chi connectivity index (χ2v) is 8.57. The third-order valence-corrected chi connectivity index (χ3v) is 6.05. The lowest BCUT2D eigenvalue weighted by molar-refractivity contribution is 0.0853. The SMILES string of the molecule is CNCC(O)COc1cccc(-c2nc(N(C)c3cncnc3)cc(N(C)C3CCOCC3)n2)c1. The van der Waals surface area contributed by atoms with Gasteiger partial charge in [-0.25, -0.2) is 19.9 Å². The highest BCUT2D eigenvalue weighted by Crippen LogP contribution is 2.30. The van der Waals surface area contributed by atoms with Gasteiger partial charge in [-0.3, -0.25) is 0 Å². The molecule has 1 fully saturated rings. The Bertz CT molecular complexity index is 1080. The van der Waals surface area contributed by atoms with E-state index in [1.165, 1.54) is 6.33 Å². The number of likely N-dealkylation sites (N-methyl/N-ethyl adjacent to an activating group) is 1. The third kappa shape index (κ3) is 6.41. The number of hydrogen-bond acceptors (Lipinski definition) is 10. The molecule has 2 N–H and O–H groups in total. The molecule has 0 bridgehead atoms. The number of nitrogens with one attached hydrogen (secondary N) is 1. The Morgan fingerprint density at radius 3 is 2.60 bits per heavy atom. The predicted molar refractivity (Wildman–Crippen MR) is 135 cm³/mol. The molecular weight excluding hydrogens is 446 g/mol. The van der Waals surface area contributed by atoms with Gasteiger partial charge in [-0.05, 0) is 32.0 Å². The standard InChI is InChI=1S/C25H33N7O3/c1-26-15-21(33)16-35-22-6-4-5-18(11-22)25-29-23(31(2)19-7-9-34-10-8-19)12-24(30-25)32(3)20-13-27-17-28-14-20/h4-6,11-14,17,19,21,26,33H,7-10,15-16H2,1-3H3. The Balaban J connectivity index is 1.67. The average Bonchev–Trinajstić information content (AvgIpc) is 2.92. The van der Waals surface area contributed by atoms with Crippen molar-refractivity contribution in [3.8, 4) is 17.1 Å². The lowest BCUT2D eigenvalue weighted by Gasteiger charge is -2.32. The number of aliphatic hydroxyl groups excluding tert-OH is 1. The molecule has 0 spiro atoms. The first-order chi connectivity index (χ1) is 17.0. The largest absolute Gasteiger partial charge is 0.491 e. The molecule has 0 amide bonds. The monoisotopic (exact) mass is 479 g/mol. The Kier molecular flexibility index (Phi) is 8.40. The summed E-state index contributed by atoms with van der Waals surface area (Å²) in [7, 11) is 5.80. The third-order valence-electron chi connectivity index (χ3n) is 6.05. The van der Waals surface area contributed by atoms with Crippen LogP contribution in [0, 0.1) is 0 Å². The summed E-state index contributed by atoms with van der Waals surface area (Å²) in [6.07, 6.45) is 6.32. The van der Waals surface area contributed by atoms with E-state index < -0.39 is 6.10 Å². The first-order valence-electron chi connectivity index (χ1n) is 11.8. The number of nitrogens with zero attached hydrogens (tertiary/aromatic N) is 6. The molecule has 2 aromatic heterocycles. The lowest BCUT2D eigenvalue weighted by atomic mass is 10.1. The quantitative estimate of drug-likeness (QED) is 0.449. The zero-order valence-electron chi connectivity index (χ0n) is 20.5. The van der Waals surface area contributed by atoms with Gasteiger partial charge in [0.1, 0.15) is 36.4 Å². The van der Waals surface area contributed by atoms with Crippen LogP contribution >= 0.6 is 0 Å². The number of hydrogen-bond donors (Lipinski definition) is 2. The minimum absolute atomic E-state index is 0.194. The average molecular weight is 480 g/mol. The van der Waals surface area contributed by atoms with Crippen molar-refractivity contribution in [2.45, 2.75) is 25.0 Å². The van der Waals surface area contributed by atoms with Crippen molar-refractivity contribution in [3.05, 3.63) is 49.1 Å². The normalized spacial score (nSPS) is 15.0. The maximum Gasteiger partial charge on any atom is 0.164 e. The molecule has 10 nitrogen and oxygen atoms in total. The van der Waals surface area contributed by atoms with E-state index in [1.54, 1.807) is 19.4 Å². The van der Waals surface area contributed by atoms with Crippen LogP contribution in [0.15, 0.2) is 49.1 Å². The van der Waals surface area contributed by atoms with Gasteiger partial charge in [0, 0.05) is 51.5 Å². The molecule has 10 heteroatoms. The number of aliphatic hydroxyl groups is 1. The number of rotatable bonds is 10. The molecule has 1 unspecified atom stereocenters. The van der Waals surface area contributed by atoms with E-state index in [0.29, 0.717) is 24.2 Å². The Hall–Kier alpha value is -3.34. The molecule has 35 heavy (non-hydrogen) atoms. The molecule has 1 atom stereocenters. The van der Waals surface area contributed by atoms with Gasteiger partial charge in [0.2, 0.25) is 0 Å². The molecule has 0 radical (unpaired) electrons. The first-order valence-corrected chi connectivity index (χ1v) is 11.8. The Morgan fingerprint density at radius 2 is 1.86 bits per heavy atom. The van der Waals surface area contributed by atoms with Gasteiger partial charge < -0.3 is 29.7 Å². The van der Waals surface area contributed by atoms with Crippen LogP contribution in [0.3, 0.4) is 0 Å². The highest BCUT2D eigenvalue weighted by atomic mass is 16.5. The molecule has 4 rings (SSSR count).